The number of para-hydroxylation sites is 1. The molecule has 1 atom stereocenters. The highest BCUT2D eigenvalue weighted by Gasteiger charge is 2.23. The molecule has 0 N–H and O–H groups in total. The first kappa shape index (κ1) is 32.8. The zero-order valence-electron chi connectivity index (χ0n) is 31.1. The maximum Gasteiger partial charge on any atom is 0.0791 e. The second-order valence-corrected chi connectivity index (χ2v) is 14.7. The molecule has 6 aromatic carbocycles. The van der Waals surface area contributed by atoms with Crippen molar-refractivity contribution in [2.24, 2.45) is 10.9 Å². The van der Waals surface area contributed by atoms with Gasteiger partial charge in [0.2, 0.25) is 0 Å². The molecule has 4 nitrogen and oxygen atoms in total. The summed E-state index contributed by atoms with van der Waals surface area (Å²) in [4.78, 5) is 19.9. The van der Waals surface area contributed by atoms with Crippen molar-refractivity contribution in [2.45, 2.75) is 27.2 Å². The van der Waals surface area contributed by atoms with Gasteiger partial charge in [-0.05, 0) is 112 Å². The second kappa shape index (κ2) is 13.3. The molecule has 9 aromatic rings. The number of hydrogen-bond donors (Lipinski definition) is 0. The topological polar surface area (TPSA) is 51.0 Å². The Kier molecular flexibility index (Phi) is 7.92. The van der Waals surface area contributed by atoms with Crippen LogP contribution in [-0.4, -0.2) is 21.2 Å². The molecule has 0 saturated heterocycles. The van der Waals surface area contributed by atoms with E-state index in [1.54, 1.807) is 0 Å². The smallest absolute Gasteiger partial charge is 0.0791 e. The lowest BCUT2D eigenvalue weighted by atomic mass is 9.85. The van der Waals surface area contributed by atoms with E-state index in [0.29, 0.717) is 5.92 Å². The van der Waals surface area contributed by atoms with E-state index in [2.05, 4.69) is 158 Å². The lowest BCUT2D eigenvalue weighted by molar-refractivity contribution is 0.788. The van der Waals surface area contributed by atoms with Crippen LogP contribution in [0, 0.1) is 19.8 Å². The quantitative estimate of drug-likeness (QED) is 0.132. The fourth-order valence-corrected chi connectivity index (χ4v) is 8.65. The van der Waals surface area contributed by atoms with Crippen LogP contribution in [-0.2, 0) is 0 Å². The van der Waals surface area contributed by atoms with Crippen molar-refractivity contribution in [2.75, 3.05) is 0 Å². The van der Waals surface area contributed by atoms with E-state index in [1.165, 1.54) is 43.8 Å². The molecule has 3 aromatic heterocycles. The Morgan fingerprint density at radius 2 is 1.07 bits per heavy atom. The number of pyridine rings is 3. The zero-order chi connectivity index (χ0) is 37.0. The van der Waals surface area contributed by atoms with Crippen LogP contribution in [0.15, 0.2) is 157 Å². The maximum absolute atomic E-state index is 5.58. The van der Waals surface area contributed by atoms with Crippen LogP contribution >= 0.6 is 0 Å². The molecule has 1 aliphatic rings. The minimum Gasteiger partial charge on any atom is -0.269 e. The number of hydrogen-bond acceptors (Lipinski definition) is 4. The van der Waals surface area contributed by atoms with Crippen LogP contribution in [0.25, 0.3) is 93.7 Å². The average Bonchev–Trinajstić information content (AvgIpc) is 3.25. The molecule has 0 spiro atoms. The summed E-state index contributed by atoms with van der Waals surface area (Å²) in [6.45, 7) is 6.83. The molecule has 0 bridgehead atoms. The molecule has 4 heterocycles. The molecule has 0 fully saturated rings. The van der Waals surface area contributed by atoms with Gasteiger partial charge < -0.3 is 0 Å². The summed E-state index contributed by atoms with van der Waals surface area (Å²) in [7, 11) is 0. The highest BCUT2D eigenvalue weighted by molar-refractivity contribution is 6.25. The first-order valence-electron chi connectivity index (χ1n) is 19.0. The third-order valence-corrected chi connectivity index (χ3v) is 11.4. The van der Waals surface area contributed by atoms with Gasteiger partial charge in [0.05, 0.1) is 22.4 Å². The van der Waals surface area contributed by atoms with E-state index in [0.717, 1.165) is 73.0 Å². The predicted molar refractivity (Wildman–Crippen MR) is 231 cm³/mol. The Labute approximate surface area is 320 Å². The molecule has 55 heavy (non-hydrogen) atoms. The zero-order valence-corrected chi connectivity index (χ0v) is 31.1. The molecule has 262 valence electrons. The van der Waals surface area contributed by atoms with Gasteiger partial charge in [-0.25, -0.2) is 9.97 Å². The van der Waals surface area contributed by atoms with E-state index in [4.69, 9.17) is 9.97 Å². The van der Waals surface area contributed by atoms with Gasteiger partial charge in [-0.2, -0.15) is 0 Å². The first-order chi connectivity index (χ1) is 27.0. The van der Waals surface area contributed by atoms with Crippen molar-refractivity contribution in [3.8, 4) is 44.8 Å². The normalized spacial score (nSPS) is 14.2. The molecular weight excluding hydrogens is 669 g/mol. The molecule has 0 aliphatic carbocycles. The highest BCUT2D eigenvalue weighted by Crippen LogP contribution is 2.46. The number of allylic oxidation sites excluding steroid dienone is 1. The standard InChI is InChI=1S/C51H38N4/c1-31-22-24-53-30-43(31)40-26-38(25-39(27-40)37-17-12-23-52-29-37)36-20-21-42-45(28-36)55-51(35-15-8-5-9-16-35)49-32(2)46-41-18-10-11-19-44(41)54-50(34-13-6-4-7-14-34)48(46)33(3)47(42)49/h4-21,23-31H,22H2,1-3H3. The summed E-state index contributed by atoms with van der Waals surface area (Å²) in [6, 6.07) is 47.7. The molecule has 0 radical (unpaired) electrons. The Hall–Kier alpha value is -6.78. The van der Waals surface area contributed by atoms with Crippen molar-refractivity contribution in [3.05, 3.63) is 169 Å². The van der Waals surface area contributed by atoms with E-state index in [9.17, 15) is 0 Å². The lowest BCUT2D eigenvalue weighted by Gasteiger charge is -2.21. The van der Waals surface area contributed by atoms with Crippen LogP contribution in [0.1, 0.15) is 30.0 Å². The van der Waals surface area contributed by atoms with Crippen molar-refractivity contribution in [1.82, 2.24) is 15.0 Å². The molecule has 10 rings (SSSR count). The second-order valence-electron chi connectivity index (χ2n) is 14.7. The third kappa shape index (κ3) is 5.52. The number of nitrogens with zero attached hydrogens (tertiary/aromatic N) is 4. The summed E-state index contributed by atoms with van der Waals surface area (Å²) in [6.07, 6.45) is 8.73. The minimum atomic E-state index is 0.376. The number of aryl methyl sites for hydroxylation is 2. The lowest BCUT2D eigenvalue weighted by Crippen LogP contribution is -2.03. The molecule has 0 saturated carbocycles. The van der Waals surface area contributed by atoms with E-state index >= 15 is 0 Å². The number of aromatic nitrogens is 3. The van der Waals surface area contributed by atoms with Crippen LogP contribution in [0.2, 0.25) is 0 Å². The van der Waals surface area contributed by atoms with Crippen LogP contribution in [0.3, 0.4) is 0 Å². The Bertz CT molecular complexity index is 3020. The fourth-order valence-electron chi connectivity index (χ4n) is 8.65. The van der Waals surface area contributed by atoms with Gasteiger partial charge in [-0.15, -0.1) is 0 Å². The van der Waals surface area contributed by atoms with Crippen molar-refractivity contribution in [3.63, 3.8) is 0 Å². The third-order valence-electron chi connectivity index (χ3n) is 11.4. The monoisotopic (exact) mass is 706 g/mol. The highest BCUT2D eigenvalue weighted by atomic mass is 14.7. The minimum absolute atomic E-state index is 0.376. The van der Waals surface area contributed by atoms with Gasteiger partial charge in [0.15, 0.2) is 0 Å². The van der Waals surface area contributed by atoms with Gasteiger partial charge >= 0.3 is 0 Å². The van der Waals surface area contributed by atoms with Crippen molar-refractivity contribution >= 4 is 55.1 Å². The van der Waals surface area contributed by atoms with Gasteiger partial charge in [0.25, 0.3) is 0 Å². The SMILES string of the molecule is Cc1c2c(-c3ccccc3)nc3cc(-c4cc(C5=CN=CCC5C)cc(-c5cccnc5)c4)ccc3c2c(C)c2c(-c3ccccc3)nc3ccccc3c12. The van der Waals surface area contributed by atoms with Gasteiger partial charge in [0.1, 0.15) is 0 Å². The van der Waals surface area contributed by atoms with E-state index < -0.39 is 0 Å². The first-order valence-corrected chi connectivity index (χ1v) is 19.0. The summed E-state index contributed by atoms with van der Waals surface area (Å²) in [5.74, 6) is 0.376. The van der Waals surface area contributed by atoms with E-state index in [-0.39, 0.29) is 0 Å². The van der Waals surface area contributed by atoms with Crippen LogP contribution in [0.4, 0.5) is 0 Å². The Balaban J connectivity index is 1.29. The predicted octanol–water partition coefficient (Wildman–Crippen LogP) is 13.2. The molecule has 0 amide bonds. The summed E-state index contributed by atoms with van der Waals surface area (Å²) in [5, 5.41) is 7.13. The maximum atomic E-state index is 5.58. The van der Waals surface area contributed by atoms with Gasteiger partial charge in [0, 0.05) is 63.0 Å². The molecular formula is C51H38N4. The van der Waals surface area contributed by atoms with Crippen LogP contribution < -0.4 is 0 Å². The fraction of sp³-hybridized carbons (Fsp3) is 0.0980. The summed E-state index contributed by atoms with van der Waals surface area (Å²) < 4.78 is 0. The Morgan fingerprint density at radius 3 is 1.73 bits per heavy atom. The van der Waals surface area contributed by atoms with Crippen molar-refractivity contribution in [1.29, 1.82) is 0 Å². The largest absolute Gasteiger partial charge is 0.269 e. The number of rotatable bonds is 5. The number of benzene rings is 6. The molecule has 1 aliphatic heterocycles. The summed E-state index contributed by atoms with van der Waals surface area (Å²) >= 11 is 0. The molecule has 4 heteroatoms. The number of aliphatic imine (C=N–C) groups is 1. The van der Waals surface area contributed by atoms with Crippen molar-refractivity contribution < 1.29 is 0 Å². The van der Waals surface area contributed by atoms with Gasteiger partial charge in [-0.3, -0.25) is 9.98 Å². The molecule has 1 unspecified atom stereocenters. The van der Waals surface area contributed by atoms with Gasteiger partial charge in [-0.1, -0.05) is 104 Å². The van der Waals surface area contributed by atoms with Crippen LogP contribution in [0.5, 0.6) is 0 Å². The number of fused-ring (bicyclic) bond motifs is 6. The Morgan fingerprint density at radius 1 is 0.491 bits per heavy atom. The van der Waals surface area contributed by atoms with E-state index in [1.807, 2.05) is 30.9 Å². The summed E-state index contributed by atoms with van der Waals surface area (Å²) in [5.41, 5.74) is 15.5. The average molecular weight is 707 g/mol.